The fourth-order valence-electron chi connectivity index (χ4n) is 0.876. The van der Waals surface area contributed by atoms with Crippen molar-refractivity contribution in [2.75, 3.05) is 46.7 Å². The van der Waals surface area contributed by atoms with Gasteiger partial charge in [0.1, 0.15) is 12.2 Å². The average molecular weight is 205 g/mol. The molecule has 5 nitrogen and oxygen atoms in total. The van der Waals surface area contributed by atoms with Crippen LogP contribution in [0.25, 0.3) is 0 Å². The van der Waals surface area contributed by atoms with Crippen molar-refractivity contribution < 1.29 is 18.9 Å². The van der Waals surface area contributed by atoms with Gasteiger partial charge in [0, 0.05) is 0 Å². The summed E-state index contributed by atoms with van der Waals surface area (Å²) in [6.07, 6.45) is 0.716. The maximum atomic E-state index is 5.27. The molecule has 2 unspecified atom stereocenters. The molecule has 2 aliphatic heterocycles. The number of hydrogen-bond acceptors (Lipinski definition) is 5. The van der Waals surface area contributed by atoms with E-state index in [1.807, 2.05) is 0 Å². The van der Waals surface area contributed by atoms with Crippen LogP contribution in [0.5, 0.6) is 0 Å². The molecule has 2 heterocycles. The summed E-state index contributed by atoms with van der Waals surface area (Å²) in [6, 6.07) is 0. The number of nitrogens with two attached hydrogens (primary N) is 1. The predicted molar refractivity (Wildman–Crippen MR) is 51.2 cm³/mol. The molecule has 5 heteroatoms. The maximum Gasteiger partial charge on any atom is 0.104 e. The zero-order valence-electron chi connectivity index (χ0n) is 8.61. The Balaban J connectivity index is 0.000000461. The monoisotopic (exact) mass is 205 g/mol. The molecule has 0 aromatic rings. The van der Waals surface area contributed by atoms with Gasteiger partial charge in [-0.25, -0.2) is 0 Å². The standard InChI is InChI=1S/C8H14O4.CH5N/c1(9-3-7-5-11-7)2-10-4-8-6-12-8;1-2/h7-8H,1-6H2;2H2,1H3. The van der Waals surface area contributed by atoms with Crippen LogP contribution in [0, 0.1) is 0 Å². The highest BCUT2D eigenvalue weighted by Crippen LogP contribution is 2.09. The lowest BCUT2D eigenvalue weighted by Crippen LogP contribution is -2.10. The molecule has 2 rings (SSSR count). The van der Waals surface area contributed by atoms with Crippen molar-refractivity contribution in [3.05, 3.63) is 0 Å². The van der Waals surface area contributed by atoms with Gasteiger partial charge in [0.25, 0.3) is 0 Å². The van der Waals surface area contributed by atoms with Gasteiger partial charge in [-0.3, -0.25) is 0 Å². The Morgan fingerprint density at radius 2 is 1.36 bits per heavy atom. The first-order valence-corrected chi connectivity index (χ1v) is 4.91. The average Bonchev–Trinajstić information content (AvgIpc) is 3.07. The number of epoxide rings is 2. The van der Waals surface area contributed by atoms with Crippen LogP contribution in [0.1, 0.15) is 0 Å². The third kappa shape index (κ3) is 6.28. The maximum absolute atomic E-state index is 5.27. The molecule has 2 fully saturated rings. The summed E-state index contributed by atoms with van der Waals surface area (Å²) in [5, 5.41) is 0. The molecule has 2 saturated heterocycles. The minimum atomic E-state index is 0.358. The van der Waals surface area contributed by atoms with Crippen LogP contribution < -0.4 is 5.73 Å². The summed E-state index contributed by atoms with van der Waals surface area (Å²) in [6.45, 7) is 4.46. The molecule has 84 valence electrons. The summed E-state index contributed by atoms with van der Waals surface area (Å²) in [4.78, 5) is 0. The minimum Gasteiger partial charge on any atom is -0.376 e. The first-order chi connectivity index (χ1) is 6.95. The second-order valence-corrected chi connectivity index (χ2v) is 3.06. The third-order valence-electron chi connectivity index (χ3n) is 1.78. The fourth-order valence-corrected chi connectivity index (χ4v) is 0.876. The Hall–Kier alpha value is -0.200. The Bertz CT molecular complexity index is 121. The van der Waals surface area contributed by atoms with E-state index in [2.05, 4.69) is 5.73 Å². The van der Waals surface area contributed by atoms with E-state index in [0.717, 1.165) is 13.2 Å². The van der Waals surface area contributed by atoms with Crippen LogP contribution in [0.2, 0.25) is 0 Å². The molecule has 0 aromatic carbocycles. The zero-order valence-corrected chi connectivity index (χ0v) is 8.61. The van der Waals surface area contributed by atoms with Crippen LogP contribution in [0.4, 0.5) is 0 Å². The highest BCUT2D eigenvalue weighted by Gasteiger charge is 2.23. The molecule has 0 radical (unpaired) electrons. The third-order valence-corrected chi connectivity index (χ3v) is 1.78. The summed E-state index contributed by atoms with van der Waals surface area (Å²) >= 11 is 0. The van der Waals surface area contributed by atoms with E-state index in [-0.39, 0.29) is 0 Å². The summed E-state index contributed by atoms with van der Waals surface area (Å²) in [5.41, 5.74) is 4.50. The Kier molecular flexibility index (Phi) is 6.05. The van der Waals surface area contributed by atoms with Crippen molar-refractivity contribution in [3.8, 4) is 0 Å². The van der Waals surface area contributed by atoms with Crippen LogP contribution in [-0.2, 0) is 18.9 Å². The normalized spacial score (nSPS) is 27.9. The molecular weight excluding hydrogens is 186 g/mol. The van der Waals surface area contributed by atoms with E-state index < -0.39 is 0 Å². The Morgan fingerprint density at radius 1 is 1.00 bits per heavy atom. The first-order valence-electron chi connectivity index (χ1n) is 4.91. The molecule has 0 bridgehead atoms. The van der Waals surface area contributed by atoms with E-state index in [1.54, 1.807) is 0 Å². The molecule has 2 aliphatic rings. The lowest BCUT2D eigenvalue weighted by atomic mass is 10.5. The van der Waals surface area contributed by atoms with Crippen LogP contribution >= 0.6 is 0 Å². The number of ether oxygens (including phenoxy) is 4. The van der Waals surface area contributed by atoms with Gasteiger partial charge < -0.3 is 24.7 Å². The van der Waals surface area contributed by atoms with Gasteiger partial charge in [-0.15, -0.1) is 0 Å². The Labute approximate surface area is 84.4 Å². The number of hydrogen-bond donors (Lipinski definition) is 1. The SMILES string of the molecule is C(COCC1CO1)OCC1CO1.CN. The van der Waals surface area contributed by atoms with E-state index in [4.69, 9.17) is 18.9 Å². The van der Waals surface area contributed by atoms with Gasteiger partial charge in [-0.2, -0.15) is 0 Å². The fraction of sp³-hybridized carbons (Fsp3) is 1.00. The van der Waals surface area contributed by atoms with E-state index >= 15 is 0 Å². The van der Waals surface area contributed by atoms with Gasteiger partial charge >= 0.3 is 0 Å². The lowest BCUT2D eigenvalue weighted by Gasteiger charge is -2.02. The van der Waals surface area contributed by atoms with Crippen molar-refractivity contribution in [2.24, 2.45) is 5.73 Å². The van der Waals surface area contributed by atoms with Gasteiger partial charge in [0.2, 0.25) is 0 Å². The van der Waals surface area contributed by atoms with Crippen molar-refractivity contribution in [2.45, 2.75) is 12.2 Å². The topological polar surface area (TPSA) is 69.5 Å². The largest absolute Gasteiger partial charge is 0.376 e. The van der Waals surface area contributed by atoms with Gasteiger partial charge in [0.15, 0.2) is 0 Å². The second-order valence-electron chi connectivity index (χ2n) is 3.06. The van der Waals surface area contributed by atoms with Crippen LogP contribution in [0.3, 0.4) is 0 Å². The molecule has 0 saturated carbocycles. The predicted octanol–water partition coefficient (Wildman–Crippen LogP) is -0.608. The van der Waals surface area contributed by atoms with Crippen molar-refractivity contribution in [3.63, 3.8) is 0 Å². The lowest BCUT2D eigenvalue weighted by molar-refractivity contribution is 0.0366. The molecule has 0 aromatic heterocycles. The van der Waals surface area contributed by atoms with Crippen molar-refractivity contribution in [1.82, 2.24) is 0 Å². The van der Waals surface area contributed by atoms with Crippen LogP contribution in [-0.4, -0.2) is 58.9 Å². The van der Waals surface area contributed by atoms with Crippen LogP contribution in [0.15, 0.2) is 0 Å². The van der Waals surface area contributed by atoms with E-state index in [0.29, 0.717) is 38.6 Å². The van der Waals surface area contributed by atoms with E-state index in [1.165, 1.54) is 7.05 Å². The Morgan fingerprint density at radius 3 is 1.64 bits per heavy atom. The number of rotatable bonds is 7. The quantitative estimate of drug-likeness (QED) is 0.443. The molecule has 2 N–H and O–H groups in total. The molecule has 14 heavy (non-hydrogen) atoms. The van der Waals surface area contributed by atoms with Crippen molar-refractivity contribution in [1.29, 1.82) is 0 Å². The first kappa shape index (κ1) is 11.9. The second kappa shape index (κ2) is 7.14. The summed E-state index contributed by atoms with van der Waals surface area (Å²) in [5.74, 6) is 0. The summed E-state index contributed by atoms with van der Waals surface area (Å²) in [7, 11) is 1.50. The highest BCUT2D eigenvalue weighted by molar-refractivity contribution is 4.68. The van der Waals surface area contributed by atoms with Gasteiger partial charge in [-0.05, 0) is 7.05 Å². The smallest absolute Gasteiger partial charge is 0.104 e. The van der Waals surface area contributed by atoms with Crippen molar-refractivity contribution >= 4 is 0 Å². The zero-order chi connectivity index (χ0) is 10.2. The molecule has 0 spiro atoms. The molecule has 2 atom stereocenters. The summed E-state index contributed by atoms with van der Waals surface area (Å²) < 4.78 is 20.5. The van der Waals surface area contributed by atoms with E-state index in [9.17, 15) is 0 Å². The molecule has 0 amide bonds. The molecule has 0 aliphatic carbocycles. The van der Waals surface area contributed by atoms with Gasteiger partial charge in [-0.1, -0.05) is 0 Å². The highest BCUT2D eigenvalue weighted by atomic mass is 16.6. The minimum absolute atomic E-state index is 0.358. The molecular formula is C9H19NO4. The van der Waals surface area contributed by atoms with Gasteiger partial charge in [0.05, 0.1) is 39.6 Å².